The van der Waals surface area contributed by atoms with Crippen LogP contribution >= 0.6 is 0 Å². The van der Waals surface area contributed by atoms with Crippen molar-refractivity contribution in [3.8, 4) is 0 Å². The van der Waals surface area contributed by atoms with Crippen molar-refractivity contribution in [2.45, 2.75) is 12.8 Å². The van der Waals surface area contributed by atoms with Crippen LogP contribution in [0.5, 0.6) is 0 Å². The summed E-state index contributed by atoms with van der Waals surface area (Å²) in [6.07, 6.45) is 2.97. The Kier molecular flexibility index (Phi) is 0.680. The number of fused-ring (bicyclic) bond motifs is 2. The van der Waals surface area contributed by atoms with Crippen LogP contribution in [0.1, 0.15) is 12.8 Å². The molecule has 39 valence electrons. The van der Waals surface area contributed by atoms with E-state index in [1.807, 2.05) is 0 Å². The summed E-state index contributed by atoms with van der Waals surface area (Å²) in [5.41, 5.74) is 0. The molecule has 0 aliphatic carbocycles. The third-order valence-electron chi connectivity index (χ3n) is 2.22. The Labute approximate surface area is 44.3 Å². The molecule has 0 aromatic carbocycles. The second kappa shape index (κ2) is 1.22. The first-order chi connectivity index (χ1) is 3.45. The number of hydrogen-bond donors (Lipinski definition) is 0. The van der Waals surface area contributed by atoms with E-state index in [0.29, 0.717) is 0 Å². The molecule has 2 rings (SSSR count). The maximum Gasteiger partial charge on any atom is 0.126 e. The number of nitrogens with zero attached hydrogens (tertiary/aromatic N) is 1. The number of piperidine rings is 1. The standard InChI is InChI=1S/C6H11N/c1-3-7-4-2-6(1)5-7/h6H,1-5H2/q+1. The summed E-state index contributed by atoms with van der Waals surface area (Å²) < 4.78 is 0. The second-order valence-corrected chi connectivity index (χ2v) is 2.74. The first-order valence-corrected chi connectivity index (χ1v) is 3.17. The predicted molar refractivity (Wildman–Crippen MR) is 29.5 cm³/mol. The number of hydrogen-bond acceptors (Lipinski definition) is 1. The first kappa shape index (κ1) is 3.90. The van der Waals surface area contributed by atoms with E-state index in [2.05, 4.69) is 4.90 Å². The first-order valence-electron chi connectivity index (χ1n) is 3.17. The summed E-state index contributed by atoms with van der Waals surface area (Å²) in [7, 11) is 0. The average molecular weight is 97.2 g/mol. The minimum atomic E-state index is 1.10. The van der Waals surface area contributed by atoms with Gasteiger partial charge in [0.15, 0.2) is 0 Å². The van der Waals surface area contributed by atoms with Gasteiger partial charge < -0.3 is 0 Å². The minimum Gasteiger partial charge on any atom is -0.170 e. The van der Waals surface area contributed by atoms with E-state index in [4.69, 9.17) is 0 Å². The molecular formula is C6H11N+. The Bertz CT molecular complexity index is 62.2. The third kappa shape index (κ3) is 0.480. The summed E-state index contributed by atoms with van der Waals surface area (Å²) in [6, 6.07) is 0. The van der Waals surface area contributed by atoms with Crippen molar-refractivity contribution in [1.82, 2.24) is 4.90 Å². The monoisotopic (exact) mass is 97.1 g/mol. The van der Waals surface area contributed by atoms with Crippen molar-refractivity contribution < 1.29 is 0 Å². The lowest BCUT2D eigenvalue weighted by Gasteiger charge is -1.99. The highest BCUT2D eigenvalue weighted by atomic mass is 15.2. The predicted octanol–water partition coefficient (Wildman–Crippen LogP) is 0.550. The molecule has 0 amide bonds. The van der Waals surface area contributed by atoms with Gasteiger partial charge >= 0.3 is 0 Å². The van der Waals surface area contributed by atoms with E-state index >= 15 is 0 Å². The van der Waals surface area contributed by atoms with Gasteiger partial charge in [0.25, 0.3) is 0 Å². The van der Waals surface area contributed by atoms with E-state index in [-0.39, 0.29) is 0 Å². The quantitative estimate of drug-likeness (QED) is 0.389. The molecule has 0 saturated carbocycles. The van der Waals surface area contributed by atoms with Crippen LogP contribution in [0.3, 0.4) is 0 Å². The van der Waals surface area contributed by atoms with Crippen molar-refractivity contribution in [3.63, 3.8) is 0 Å². The van der Waals surface area contributed by atoms with E-state index in [1.54, 1.807) is 0 Å². The van der Waals surface area contributed by atoms with Gasteiger partial charge in [-0.2, -0.15) is 4.90 Å². The van der Waals surface area contributed by atoms with Gasteiger partial charge in [0.1, 0.15) is 19.6 Å². The average Bonchev–Trinajstić information content (AvgIpc) is 2.22. The lowest BCUT2D eigenvalue weighted by atomic mass is 10.1. The lowest BCUT2D eigenvalue weighted by molar-refractivity contribution is 0.493. The molecule has 2 fully saturated rings. The fourth-order valence-corrected chi connectivity index (χ4v) is 1.72. The van der Waals surface area contributed by atoms with E-state index in [1.165, 1.54) is 32.5 Å². The second-order valence-electron chi connectivity index (χ2n) is 2.74. The van der Waals surface area contributed by atoms with Gasteiger partial charge in [-0.15, -0.1) is 0 Å². The van der Waals surface area contributed by atoms with Crippen molar-refractivity contribution >= 4 is 0 Å². The highest BCUT2D eigenvalue weighted by Gasteiger charge is 2.37. The van der Waals surface area contributed by atoms with Gasteiger partial charge in [-0.1, -0.05) is 0 Å². The SMILES string of the molecule is C1C[N+]2CCC1C2. The molecule has 0 atom stereocenters. The van der Waals surface area contributed by atoms with Gasteiger partial charge in [0, 0.05) is 18.8 Å². The summed E-state index contributed by atoms with van der Waals surface area (Å²) in [6.45, 7) is 4.20. The van der Waals surface area contributed by atoms with E-state index in [0.717, 1.165) is 5.92 Å². The van der Waals surface area contributed by atoms with Gasteiger partial charge in [-0.3, -0.25) is 0 Å². The Morgan fingerprint density at radius 3 is 2.00 bits per heavy atom. The third-order valence-corrected chi connectivity index (χ3v) is 2.22. The normalized spacial score (nSPS) is 48.0. The molecule has 1 nitrogen and oxygen atoms in total. The highest BCUT2D eigenvalue weighted by Crippen LogP contribution is 2.24. The largest absolute Gasteiger partial charge is 0.170 e. The van der Waals surface area contributed by atoms with E-state index < -0.39 is 0 Å². The molecule has 0 unspecified atom stereocenters. The zero-order valence-corrected chi connectivity index (χ0v) is 4.56. The van der Waals surface area contributed by atoms with Gasteiger partial charge in [-0.05, 0) is 0 Å². The molecule has 1 radical (unpaired) electrons. The Hall–Kier alpha value is -0.0400. The molecule has 2 aliphatic rings. The molecule has 0 N–H and O–H groups in total. The Balaban J connectivity index is 2.12. The van der Waals surface area contributed by atoms with Crippen LogP contribution in [0.25, 0.3) is 0 Å². The molecule has 2 saturated heterocycles. The lowest BCUT2D eigenvalue weighted by Crippen LogP contribution is -2.23. The van der Waals surface area contributed by atoms with Crippen molar-refractivity contribution in [1.29, 1.82) is 0 Å². The van der Waals surface area contributed by atoms with Gasteiger partial charge in [0.05, 0.1) is 0 Å². The zero-order chi connectivity index (χ0) is 4.69. The molecule has 2 aliphatic heterocycles. The van der Waals surface area contributed by atoms with Crippen LogP contribution < -0.4 is 4.90 Å². The maximum absolute atomic E-state index is 2.56. The number of rotatable bonds is 0. The zero-order valence-electron chi connectivity index (χ0n) is 4.56. The smallest absolute Gasteiger partial charge is 0.126 e. The molecular weight excluding hydrogens is 86.1 g/mol. The summed E-state index contributed by atoms with van der Waals surface area (Å²) in [4.78, 5) is 2.56. The molecule has 2 bridgehead atoms. The highest BCUT2D eigenvalue weighted by molar-refractivity contribution is 4.87. The van der Waals surface area contributed by atoms with Crippen molar-refractivity contribution in [3.05, 3.63) is 0 Å². The van der Waals surface area contributed by atoms with Gasteiger partial charge in [-0.25, -0.2) is 0 Å². The topological polar surface area (TPSA) is 5.90 Å². The fourth-order valence-electron chi connectivity index (χ4n) is 1.72. The van der Waals surface area contributed by atoms with Crippen LogP contribution in [0, 0.1) is 5.92 Å². The molecule has 0 spiro atoms. The molecule has 2 heterocycles. The molecule has 7 heavy (non-hydrogen) atoms. The summed E-state index contributed by atoms with van der Waals surface area (Å²) in [5, 5.41) is 0. The fraction of sp³-hybridized carbons (Fsp3) is 1.00. The minimum absolute atomic E-state index is 1.10. The van der Waals surface area contributed by atoms with E-state index in [9.17, 15) is 0 Å². The van der Waals surface area contributed by atoms with Crippen molar-refractivity contribution in [2.24, 2.45) is 5.92 Å². The van der Waals surface area contributed by atoms with Crippen LogP contribution in [-0.2, 0) is 0 Å². The molecule has 0 aromatic heterocycles. The summed E-state index contributed by atoms with van der Waals surface area (Å²) in [5.74, 6) is 1.10. The van der Waals surface area contributed by atoms with Crippen LogP contribution in [0.4, 0.5) is 0 Å². The maximum atomic E-state index is 2.56. The molecule has 0 aromatic rings. The van der Waals surface area contributed by atoms with Crippen molar-refractivity contribution in [2.75, 3.05) is 19.6 Å². The summed E-state index contributed by atoms with van der Waals surface area (Å²) >= 11 is 0. The Morgan fingerprint density at radius 1 is 1.14 bits per heavy atom. The van der Waals surface area contributed by atoms with Gasteiger partial charge in [0.2, 0.25) is 0 Å². The van der Waals surface area contributed by atoms with Crippen LogP contribution in [0.2, 0.25) is 0 Å². The van der Waals surface area contributed by atoms with Crippen LogP contribution in [0.15, 0.2) is 0 Å². The Morgan fingerprint density at radius 2 is 1.86 bits per heavy atom. The van der Waals surface area contributed by atoms with Crippen LogP contribution in [-0.4, -0.2) is 19.6 Å². The molecule has 1 heteroatoms.